The molecule has 1 aromatic carbocycles. The SMILES string of the molecule is CCCNC(=O)CN(C)c1ccc(CNCC)c(Br)c1. The molecule has 0 aliphatic rings. The molecule has 0 spiro atoms. The molecule has 5 heteroatoms. The first-order valence-corrected chi connectivity index (χ1v) is 7.84. The summed E-state index contributed by atoms with van der Waals surface area (Å²) in [6.45, 7) is 7.04. The molecule has 0 aliphatic carbocycles. The highest BCUT2D eigenvalue weighted by molar-refractivity contribution is 9.10. The van der Waals surface area contributed by atoms with Gasteiger partial charge in [0.2, 0.25) is 5.91 Å². The zero-order valence-corrected chi connectivity index (χ0v) is 14.1. The minimum atomic E-state index is 0.0576. The van der Waals surface area contributed by atoms with Crippen LogP contribution in [0, 0.1) is 0 Å². The third kappa shape index (κ3) is 5.51. The van der Waals surface area contributed by atoms with Crippen molar-refractivity contribution in [3.63, 3.8) is 0 Å². The van der Waals surface area contributed by atoms with Crippen LogP contribution in [0.1, 0.15) is 25.8 Å². The van der Waals surface area contributed by atoms with E-state index in [2.05, 4.69) is 45.6 Å². The molecule has 0 saturated carbocycles. The number of carbonyl (C=O) groups excluding carboxylic acids is 1. The molecule has 2 N–H and O–H groups in total. The highest BCUT2D eigenvalue weighted by Crippen LogP contribution is 2.23. The predicted molar refractivity (Wildman–Crippen MR) is 88.1 cm³/mol. The Kier molecular flexibility index (Phi) is 7.62. The Morgan fingerprint density at radius 1 is 1.35 bits per heavy atom. The zero-order valence-electron chi connectivity index (χ0n) is 12.5. The van der Waals surface area contributed by atoms with E-state index in [4.69, 9.17) is 0 Å². The summed E-state index contributed by atoms with van der Waals surface area (Å²) in [6, 6.07) is 6.19. The standard InChI is InChI=1S/C15H24BrN3O/c1-4-8-18-15(20)11-19(3)13-7-6-12(10-17-5-2)14(16)9-13/h6-7,9,17H,4-5,8,10-11H2,1-3H3,(H,18,20). The molecule has 0 radical (unpaired) electrons. The van der Waals surface area contributed by atoms with Gasteiger partial charge in [0, 0.05) is 30.3 Å². The molecule has 0 bridgehead atoms. The summed E-state index contributed by atoms with van der Waals surface area (Å²) >= 11 is 3.59. The topological polar surface area (TPSA) is 44.4 Å². The molecule has 0 atom stereocenters. The predicted octanol–water partition coefficient (Wildman–Crippen LogP) is 2.52. The Morgan fingerprint density at radius 3 is 2.70 bits per heavy atom. The first-order chi connectivity index (χ1) is 9.58. The number of rotatable bonds is 8. The van der Waals surface area contributed by atoms with Crippen molar-refractivity contribution < 1.29 is 4.79 Å². The fourth-order valence-corrected chi connectivity index (χ4v) is 2.31. The van der Waals surface area contributed by atoms with Gasteiger partial charge in [-0.2, -0.15) is 0 Å². The number of benzene rings is 1. The Balaban J connectivity index is 2.62. The Morgan fingerprint density at radius 2 is 2.10 bits per heavy atom. The lowest BCUT2D eigenvalue weighted by Gasteiger charge is -2.20. The van der Waals surface area contributed by atoms with E-state index in [0.717, 1.165) is 36.2 Å². The molecule has 112 valence electrons. The van der Waals surface area contributed by atoms with Gasteiger partial charge < -0.3 is 15.5 Å². The van der Waals surface area contributed by atoms with Gasteiger partial charge in [-0.1, -0.05) is 35.8 Å². The monoisotopic (exact) mass is 341 g/mol. The summed E-state index contributed by atoms with van der Waals surface area (Å²) in [5.74, 6) is 0.0576. The fourth-order valence-electron chi connectivity index (χ4n) is 1.80. The van der Waals surface area contributed by atoms with Crippen LogP contribution in [0.25, 0.3) is 0 Å². The third-order valence-electron chi connectivity index (χ3n) is 3.00. The van der Waals surface area contributed by atoms with Gasteiger partial charge in [-0.3, -0.25) is 4.79 Å². The van der Waals surface area contributed by atoms with E-state index >= 15 is 0 Å². The first-order valence-electron chi connectivity index (χ1n) is 7.05. The van der Waals surface area contributed by atoms with Gasteiger partial charge in [0.25, 0.3) is 0 Å². The number of carbonyl (C=O) groups is 1. The van der Waals surface area contributed by atoms with E-state index in [-0.39, 0.29) is 5.91 Å². The molecule has 1 rings (SSSR count). The summed E-state index contributed by atoms with van der Waals surface area (Å²) in [5, 5.41) is 6.19. The fraction of sp³-hybridized carbons (Fsp3) is 0.533. The second-order valence-electron chi connectivity index (χ2n) is 4.76. The zero-order chi connectivity index (χ0) is 15.0. The number of amides is 1. The van der Waals surface area contributed by atoms with Crippen LogP contribution in [0.3, 0.4) is 0 Å². The van der Waals surface area contributed by atoms with E-state index in [1.807, 2.05) is 24.9 Å². The summed E-state index contributed by atoms with van der Waals surface area (Å²) in [5.41, 5.74) is 2.25. The van der Waals surface area contributed by atoms with Gasteiger partial charge >= 0.3 is 0 Å². The first kappa shape index (κ1) is 17.0. The van der Waals surface area contributed by atoms with Gasteiger partial charge in [0.15, 0.2) is 0 Å². The van der Waals surface area contributed by atoms with Gasteiger partial charge in [0.1, 0.15) is 0 Å². The summed E-state index contributed by atoms with van der Waals surface area (Å²) in [4.78, 5) is 13.7. The molecule has 0 unspecified atom stereocenters. The van der Waals surface area contributed by atoms with Crippen LogP contribution in [0.2, 0.25) is 0 Å². The van der Waals surface area contributed by atoms with E-state index in [1.54, 1.807) is 0 Å². The number of hydrogen-bond acceptors (Lipinski definition) is 3. The van der Waals surface area contributed by atoms with Crippen molar-refractivity contribution in [3.8, 4) is 0 Å². The summed E-state index contributed by atoms with van der Waals surface area (Å²) in [7, 11) is 1.93. The van der Waals surface area contributed by atoms with Crippen LogP contribution in [-0.2, 0) is 11.3 Å². The molecule has 4 nitrogen and oxygen atoms in total. The lowest BCUT2D eigenvalue weighted by molar-refractivity contribution is -0.119. The highest BCUT2D eigenvalue weighted by Gasteiger charge is 2.08. The molecule has 1 amide bonds. The average Bonchev–Trinajstić information content (AvgIpc) is 2.43. The molecule has 0 aromatic heterocycles. The maximum atomic E-state index is 11.7. The second-order valence-corrected chi connectivity index (χ2v) is 5.62. The molecule has 0 heterocycles. The van der Waals surface area contributed by atoms with Gasteiger partial charge in [-0.05, 0) is 30.7 Å². The van der Waals surface area contributed by atoms with Crippen LogP contribution < -0.4 is 15.5 Å². The van der Waals surface area contributed by atoms with Crippen molar-refractivity contribution in [3.05, 3.63) is 28.2 Å². The van der Waals surface area contributed by atoms with Crippen LogP contribution in [0.15, 0.2) is 22.7 Å². The van der Waals surface area contributed by atoms with Gasteiger partial charge in [0.05, 0.1) is 6.54 Å². The molecule has 0 fully saturated rings. The van der Waals surface area contributed by atoms with Crippen molar-refractivity contribution in [2.24, 2.45) is 0 Å². The number of likely N-dealkylation sites (N-methyl/N-ethyl adjacent to an activating group) is 1. The van der Waals surface area contributed by atoms with Crippen LogP contribution >= 0.6 is 15.9 Å². The third-order valence-corrected chi connectivity index (χ3v) is 3.73. The number of nitrogens with one attached hydrogen (secondary N) is 2. The number of nitrogens with zero attached hydrogens (tertiary/aromatic N) is 1. The van der Waals surface area contributed by atoms with Crippen molar-refractivity contribution in [2.45, 2.75) is 26.8 Å². The minimum Gasteiger partial charge on any atom is -0.365 e. The molecule has 0 aliphatic heterocycles. The van der Waals surface area contributed by atoms with E-state index < -0.39 is 0 Å². The largest absolute Gasteiger partial charge is 0.365 e. The Labute approximate surface area is 130 Å². The molecule has 0 saturated heterocycles. The molecular formula is C15H24BrN3O. The van der Waals surface area contributed by atoms with Crippen molar-refractivity contribution in [1.82, 2.24) is 10.6 Å². The molecule has 20 heavy (non-hydrogen) atoms. The van der Waals surface area contributed by atoms with Crippen molar-refractivity contribution in [2.75, 3.05) is 31.6 Å². The lowest BCUT2D eigenvalue weighted by Crippen LogP contribution is -2.35. The molecular weight excluding hydrogens is 318 g/mol. The second kappa shape index (κ2) is 8.97. The summed E-state index contributed by atoms with van der Waals surface area (Å²) in [6.07, 6.45) is 0.958. The van der Waals surface area contributed by atoms with Crippen molar-refractivity contribution in [1.29, 1.82) is 0 Å². The van der Waals surface area contributed by atoms with E-state index in [0.29, 0.717) is 6.54 Å². The van der Waals surface area contributed by atoms with Gasteiger partial charge in [-0.15, -0.1) is 0 Å². The Hall–Kier alpha value is -1.07. The molecule has 1 aromatic rings. The van der Waals surface area contributed by atoms with E-state index in [9.17, 15) is 4.79 Å². The lowest BCUT2D eigenvalue weighted by atomic mass is 10.2. The number of halogens is 1. The Bertz CT molecular complexity index is 437. The smallest absolute Gasteiger partial charge is 0.239 e. The number of anilines is 1. The van der Waals surface area contributed by atoms with Crippen LogP contribution in [-0.4, -0.2) is 32.6 Å². The maximum Gasteiger partial charge on any atom is 0.239 e. The maximum absolute atomic E-state index is 11.7. The van der Waals surface area contributed by atoms with Gasteiger partial charge in [-0.25, -0.2) is 0 Å². The highest BCUT2D eigenvalue weighted by atomic mass is 79.9. The van der Waals surface area contributed by atoms with Crippen molar-refractivity contribution >= 4 is 27.5 Å². The van der Waals surface area contributed by atoms with Crippen LogP contribution in [0.5, 0.6) is 0 Å². The number of hydrogen-bond donors (Lipinski definition) is 2. The minimum absolute atomic E-state index is 0.0576. The normalized spacial score (nSPS) is 10.4. The quantitative estimate of drug-likeness (QED) is 0.763. The summed E-state index contributed by atoms with van der Waals surface area (Å²) < 4.78 is 1.07. The van der Waals surface area contributed by atoms with E-state index in [1.165, 1.54) is 5.56 Å². The van der Waals surface area contributed by atoms with Crippen LogP contribution in [0.4, 0.5) is 5.69 Å². The average molecular weight is 342 g/mol.